The lowest BCUT2D eigenvalue weighted by Crippen LogP contribution is -2.51. The number of carbonyl (C=O) groups is 1. The van der Waals surface area contributed by atoms with Gasteiger partial charge < -0.3 is 15.5 Å². The maximum absolute atomic E-state index is 12.4. The van der Waals surface area contributed by atoms with Crippen LogP contribution in [0.1, 0.15) is 38.9 Å². The van der Waals surface area contributed by atoms with Crippen LogP contribution in [0.2, 0.25) is 0 Å². The Morgan fingerprint density at radius 1 is 1.57 bits per heavy atom. The first-order valence-corrected chi connectivity index (χ1v) is 7.93. The van der Waals surface area contributed by atoms with Crippen LogP contribution in [0.15, 0.2) is 22.8 Å². The molecular weight excluding hydrogens is 266 g/mol. The Hall–Kier alpha value is -1.33. The predicted octanol–water partition coefficient (Wildman–Crippen LogP) is 1.73. The normalized spacial score (nSPS) is 23.4. The van der Waals surface area contributed by atoms with Crippen LogP contribution >= 0.6 is 0 Å². The molecule has 0 bridgehead atoms. The van der Waals surface area contributed by atoms with E-state index < -0.39 is 0 Å². The van der Waals surface area contributed by atoms with E-state index in [-0.39, 0.29) is 11.9 Å². The van der Waals surface area contributed by atoms with E-state index in [2.05, 4.69) is 17.1 Å². The molecule has 0 aliphatic heterocycles. The number of nitrogens with one attached hydrogen (secondary N) is 1. The summed E-state index contributed by atoms with van der Waals surface area (Å²) in [5.41, 5.74) is 5.88. The largest absolute Gasteiger partial charge is 0.467 e. The van der Waals surface area contributed by atoms with Gasteiger partial charge in [0.2, 0.25) is 5.91 Å². The summed E-state index contributed by atoms with van der Waals surface area (Å²) in [6, 6.07) is 3.99. The van der Waals surface area contributed by atoms with Crippen LogP contribution in [0.3, 0.4) is 0 Å². The molecule has 1 heterocycles. The second-order valence-corrected chi connectivity index (χ2v) is 5.80. The SMILES string of the molecule is CCN(C(C)C(=O)NCc1ccco1)C1CCCC1CN. The van der Waals surface area contributed by atoms with E-state index >= 15 is 0 Å². The van der Waals surface area contributed by atoms with Crippen molar-refractivity contribution in [1.82, 2.24) is 10.2 Å². The van der Waals surface area contributed by atoms with Gasteiger partial charge in [0, 0.05) is 6.04 Å². The Balaban J connectivity index is 1.92. The van der Waals surface area contributed by atoms with Crippen molar-refractivity contribution in [2.75, 3.05) is 13.1 Å². The quantitative estimate of drug-likeness (QED) is 0.803. The van der Waals surface area contributed by atoms with Crippen molar-refractivity contribution in [3.63, 3.8) is 0 Å². The van der Waals surface area contributed by atoms with Crippen LogP contribution in [-0.2, 0) is 11.3 Å². The highest BCUT2D eigenvalue weighted by atomic mass is 16.3. The topological polar surface area (TPSA) is 71.5 Å². The molecule has 1 saturated carbocycles. The number of rotatable bonds is 7. The van der Waals surface area contributed by atoms with E-state index in [4.69, 9.17) is 10.2 Å². The Bertz CT molecular complexity index is 433. The van der Waals surface area contributed by atoms with Crippen LogP contribution in [0.25, 0.3) is 0 Å². The maximum Gasteiger partial charge on any atom is 0.237 e. The first-order chi connectivity index (χ1) is 10.2. The van der Waals surface area contributed by atoms with Gasteiger partial charge in [0.25, 0.3) is 0 Å². The van der Waals surface area contributed by atoms with Crippen molar-refractivity contribution in [2.24, 2.45) is 11.7 Å². The summed E-state index contributed by atoms with van der Waals surface area (Å²) in [6.45, 7) is 6.12. The molecule has 5 heteroatoms. The van der Waals surface area contributed by atoms with Crippen molar-refractivity contribution in [1.29, 1.82) is 0 Å². The number of furan rings is 1. The molecular formula is C16H27N3O2. The van der Waals surface area contributed by atoms with E-state index in [1.165, 1.54) is 12.8 Å². The van der Waals surface area contributed by atoms with Gasteiger partial charge in [0.15, 0.2) is 0 Å². The van der Waals surface area contributed by atoms with Gasteiger partial charge in [-0.25, -0.2) is 0 Å². The molecule has 3 atom stereocenters. The van der Waals surface area contributed by atoms with Crippen molar-refractivity contribution in [2.45, 2.75) is 51.7 Å². The molecule has 1 aromatic heterocycles. The van der Waals surface area contributed by atoms with E-state index in [1.807, 2.05) is 19.1 Å². The summed E-state index contributed by atoms with van der Waals surface area (Å²) in [4.78, 5) is 14.7. The molecule has 2 rings (SSSR count). The molecule has 0 aromatic carbocycles. The molecule has 1 aromatic rings. The first kappa shape index (κ1) is 16.0. The van der Waals surface area contributed by atoms with Crippen molar-refractivity contribution in [3.8, 4) is 0 Å². The number of amides is 1. The first-order valence-electron chi connectivity index (χ1n) is 7.93. The lowest BCUT2D eigenvalue weighted by molar-refractivity contribution is -0.127. The maximum atomic E-state index is 12.4. The van der Waals surface area contributed by atoms with E-state index in [1.54, 1.807) is 6.26 Å². The molecule has 118 valence electrons. The van der Waals surface area contributed by atoms with Crippen LogP contribution in [0.4, 0.5) is 0 Å². The van der Waals surface area contributed by atoms with Gasteiger partial charge in [0.05, 0.1) is 18.8 Å². The predicted molar refractivity (Wildman–Crippen MR) is 82.6 cm³/mol. The Morgan fingerprint density at radius 2 is 2.38 bits per heavy atom. The van der Waals surface area contributed by atoms with Gasteiger partial charge in [0.1, 0.15) is 5.76 Å². The highest BCUT2D eigenvalue weighted by Gasteiger charge is 2.34. The van der Waals surface area contributed by atoms with Gasteiger partial charge >= 0.3 is 0 Å². The third-order valence-corrected chi connectivity index (χ3v) is 4.61. The molecule has 3 unspecified atom stereocenters. The summed E-state index contributed by atoms with van der Waals surface area (Å²) in [7, 11) is 0. The summed E-state index contributed by atoms with van der Waals surface area (Å²) >= 11 is 0. The van der Waals surface area contributed by atoms with Gasteiger partial charge in [-0.1, -0.05) is 13.3 Å². The molecule has 0 spiro atoms. The summed E-state index contributed by atoms with van der Waals surface area (Å²) < 4.78 is 5.24. The lowest BCUT2D eigenvalue weighted by Gasteiger charge is -2.35. The fourth-order valence-corrected chi connectivity index (χ4v) is 3.41. The van der Waals surface area contributed by atoms with Crippen LogP contribution in [-0.4, -0.2) is 36.0 Å². The monoisotopic (exact) mass is 293 g/mol. The molecule has 0 radical (unpaired) electrons. The van der Waals surface area contributed by atoms with Gasteiger partial charge in [-0.05, 0) is 50.9 Å². The minimum atomic E-state index is -0.137. The molecule has 1 fully saturated rings. The van der Waals surface area contributed by atoms with Crippen molar-refractivity contribution < 1.29 is 9.21 Å². The van der Waals surface area contributed by atoms with Gasteiger partial charge in [-0.3, -0.25) is 9.69 Å². The van der Waals surface area contributed by atoms with E-state index in [0.29, 0.717) is 25.0 Å². The van der Waals surface area contributed by atoms with Crippen molar-refractivity contribution in [3.05, 3.63) is 24.2 Å². The average Bonchev–Trinajstić information content (AvgIpc) is 3.16. The Labute approximate surface area is 126 Å². The number of carbonyl (C=O) groups excluding carboxylic acids is 1. The smallest absolute Gasteiger partial charge is 0.237 e. The van der Waals surface area contributed by atoms with E-state index in [0.717, 1.165) is 18.7 Å². The van der Waals surface area contributed by atoms with Crippen LogP contribution < -0.4 is 11.1 Å². The molecule has 3 N–H and O–H groups in total. The molecule has 5 nitrogen and oxygen atoms in total. The number of likely N-dealkylation sites (N-methyl/N-ethyl adjacent to an activating group) is 1. The average molecular weight is 293 g/mol. The van der Waals surface area contributed by atoms with Gasteiger partial charge in [-0.15, -0.1) is 0 Å². The van der Waals surface area contributed by atoms with Crippen LogP contribution in [0, 0.1) is 5.92 Å². The minimum Gasteiger partial charge on any atom is -0.467 e. The Kier molecular flexibility index (Phi) is 5.82. The molecule has 1 aliphatic rings. The number of hydrogen-bond donors (Lipinski definition) is 2. The fourth-order valence-electron chi connectivity index (χ4n) is 3.41. The second kappa shape index (κ2) is 7.61. The standard InChI is InChI=1S/C16H27N3O2/c1-3-19(15-8-4-6-13(15)10-17)12(2)16(20)18-11-14-7-5-9-21-14/h5,7,9,12-13,15H,3-4,6,8,10-11,17H2,1-2H3,(H,18,20). The highest BCUT2D eigenvalue weighted by Crippen LogP contribution is 2.30. The number of nitrogens with two attached hydrogens (primary N) is 1. The van der Waals surface area contributed by atoms with Crippen molar-refractivity contribution >= 4 is 5.91 Å². The molecule has 0 saturated heterocycles. The zero-order valence-electron chi connectivity index (χ0n) is 13.0. The fraction of sp³-hybridized carbons (Fsp3) is 0.688. The number of nitrogens with zero attached hydrogens (tertiary/aromatic N) is 1. The van der Waals surface area contributed by atoms with Crippen LogP contribution in [0.5, 0.6) is 0 Å². The Morgan fingerprint density at radius 3 is 3.00 bits per heavy atom. The summed E-state index contributed by atoms with van der Waals surface area (Å²) in [5, 5.41) is 2.95. The highest BCUT2D eigenvalue weighted by molar-refractivity contribution is 5.81. The molecule has 1 amide bonds. The zero-order valence-corrected chi connectivity index (χ0v) is 13.0. The van der Waals surface area contributed by atoms with E-state index in [9.17, 15) is 4.79 Å². The lowest BCUT2D eigenvalue weighted by atomic mass is 10.0. The molecule has 1 aliphatic carbocycles. The third-order valence-electron chi connectivity index (χ3n) is 4.61. The minimum absolute atomic E-state index is 0.0518. The zero-order chi connectivity index (χ0) is 15.2. The summed E-state index contributed by atoms with van der Waals surface area (Å²) in [5.74, 6) is 1.35. The molecule has 21 heavy (non-hydrogen) atoms. The summed E-state index contributed by atoms with van der Waals surface area (Å²) in [6.07, 6.45) is 5.15. The number of hydrogen-bond acceptors (Lipinski definition) is 4. The third kappa shape index (κ3) is 3.86. The second-order valence-electron chi connectivity index (χ2n) is 5.80. The van der Waals surface area contributed by atoms with Gasteiger partial charge in [-0.2, -0.15) is 0 Å².